The van der Waals surface area contributed by atoms with Gasteiger partial charge in [0, 0.05) is 31.4 Å². The molecule has 106 valence electrons. The largest absolute Gasteiger partial charge is 0.379 e. The van der Waals surface area contributed by atoms with Crippen LogP contribution in [0.15, 0.2) is 42.6 Å². The number of anilines is 2. The molecule has 0 aliphatic heterocycles. The van der Waals surface area contributed by atoms with E-state index in [2.05, 4.69) is 35.4 Å². The van der Waals surface area contributed by atoms with Crippen LogP contribution in [-0.2, 0) is 6.42 Å². The normalized spacial score (nSPS) is 12.0. The summed E-state index contributed by atoms with van der Waals surface area (Å²) in [5, 5.41) is 4.29. The average Bonchev–Trinajstić information content (AvgIpc) is 2.41. The fraction of sp³-hybridized carbons (Fsp3) is 0.312. The molecule has 0 saturated carbocycles. The summed E-state index contributed by atoms with van der Waals surface area (Å²) in [5.74, 6) is 0.954. The Kier molecular flexibility index (Phi) is 4.85. The molecule has 0 fully saturated rings. The van der Waals surface area contributed by atoms with E-state index in [0.717, 1.165) is 22.9 Å². The Morgan fingerprint density at radius 1 is 1.20 bits per heavy atom. The van der Waals surface area contributed by atoms with Crippen molar-refractivity contribution >= 4 is 23.1 Å². The van der Waals surface area contributed by atoms with Crippen LogP contribution >= 0.6 is 11.6 Å². The number of halogens is 1. The SMILES string of the molecule is CC(Cc1ccc(Cl)cc1)Nc1cccnc1N(C)C. The van der Waals surface area contributed by atoms with Crippen molar-refractivity contribution in [2.75, 3.05) is 24.3 Å². The van der Waals surface area contributed by atoms with E-state index < -0.39 is 0 Å². The van der Waals surface area contributed by atoms with Gasteiger partial charge in [0.15, 0.2) is 5.82 Å². The molecule has 0 saturated heterocycles. The Hall–Kier alpha value is -1.74. The molecule has 4 heteroatoms. The van der Waals surface area contributed by atoms with Crippen LogP contribution < -0.4 is 10.2 Å². The van der Waals surface area contributed by atoms with Crippen molar-refractivity contribution < 1.29 is 0 Å². The Balaban J connectivity index is 2.04. The molecule has 0 spiro atoms. The third kappa shape index (κ3) is 3.87. The predicted octanol–water partition coefficient (Wildman–Crippen LogP) is 3.84. The maximum atomic E-state index is 5.90. The van der Waals surface area contributed by atoms with Crippen molar-refractivity contribution in [3.8, 4) is 0 Å². The summed E-state index contributed by atoms with van der Waals surface area (Å²) in [5.41, 5.74) is 2.32. The minimum Gasteiger partial charge on any atom is -0.379 e. The van der Waals surface area contributed by atoms with Gasteiger partial charge in [-0.1, -0.05) is 23.7 Å². The molecule has 3 nitrogen and oxygen atoms in total. The van der Waals surface area contributed by atoms with Crippen LogP contribution in [-0.4, -0.2) is 25.1 Å². The van der Waals surface area contributed by atoms with Crippen molar-refractivity contribution in [3.63, 3.8) is 0 Å². The second-order valence-corrected chi connectivity index (χ2v) is 5.58. The van der Waals surface area contributed by atoms with Crippen molar-refractivity contribution in [2.45, 2.75) is 19.4 Å². The molecule has 0 amide bonds. The fourth-order valence-corrected chi connectivity index (χ4v) is 2.28. The first-order valence-corrected chi connectivity index (χ1v) is 7.07. The van der Waals surface area contributed by atoms with Gasteiger partial charge in [-0.15, -0.1) is 0 Å². The van der Waals surface area contributed by atoms with Crippen LogP contribution in [0, 0.1) is 0 Å². The summed E-state index contributed by atoms with van der Waals surface area (Å²) in [6, 6.07) is 12.3. The molecule has 1 N–H and O–H groups in total. The van der Waals surface area contributed by atoms with Crippen molar-refractivity contribution in [3.05, 3.63) is 53.2 Å². The van der Waals surface area contributed by atoms with Crippen LogP contribution in [0.2, 0.25) is 5.02 Å². The number of hydrogen-bond donors (Lipinski definition) is 1. The lowest BCUT2D eigenvalue weighted by Crippen LogP contribution is -2.21. The van der Waals surface area contributed by atoms with Gasteiger partial charge >= 0.3 is 0 Å². The van der Waals surface area contributed by atoms with E-state index in [1.54, 1.807) is 0 Å². The standard InChI is InChI=1S/C16H20ClN3/c1-12(11-13-6-8-14(17)9-7-13)19-15-5-4-10-18-16(15)20(2)3/h4-10,12,19H,11H2,1-3H3. The Bertz CT molecular complexity index is 552. The third-order valence-electron chi connectivity index (χ3n) is 3.07. The van der Waals surface area contributed by atoms with Gasteiger partial charge in [-0.05, 0) is 43.2 Å². The molecule has 1 atom stereocenters. The van der Waals surface area contributed by atoms with Crippen molar-refractivity contribution in [1.82, 2.24) is 4.98 Å². The number of benzene rings is 1. The Morgan fingerprint density at radius 3 is 2.55 bits per heavy atom. The van der Waals surface area contributed by atoms with Gasteiger partial charge in [0.1, 0.15) is 0 Å². The topological polar surface area (TPSA) is 28.2 Å². The smallest absolute Gasteiger partial charge is 0.151 e. The first-order chi connectivity index (χ1) is 9.56. The van der Waals surface area contributed by atoms with Crippen molar-refractivity contribution in [2.24, 2.45) is 0 Å². The Labute approximate surface area is 125 Å². The highest BCUT2D eigenvalue weighted by Crippen LogP contribution is 2.22. The summed E-state index contributed by atoms with van der Waals surface area (Å²) in [7, 11) is 3.99. The molecule has 0 aliphatic carbocycles. The summed E-state index contributed by atoms with van der Waals surface area (Å²) >= 11 is 5.90. The van der Waals surface area contributed by atoms with E-state index in [4.69, 9.17) is 11.6 Å². The monoisotopic (exact) mass is 289 g/mol. The third-order valence-corrected chi connectivity index (χ3v) is 3.32. The Morgan fingerprint density at radius 2 is 1.90 bits per heavy atom. The summed E-state index contributed by atoms with van der Waals surface area (Å²) in [6.07, 6.45) is 2.75. The van der Waals surface area contributed by atoms with Gasteiger partial charge in [0.05, 0.1) is 5.69 Å². The van der Waals surface area contributed by atoms with E-state index in [-0.39, 0.29) is 0 Å². The van der Waals surface area contributed by atoms with Gasteiger partial charge < -0.3 is 10.2 Å². The molecule has 1 aromatic heterocycles. The lowest BCUT2D eigenvalue weighted by molar-refractivity contribution is 0.788. The quantitative estimate of drug-likeness (QED) is 0.906. The first-order valence-electron chi connectivity index (χ1n) is 6.69. The van der Waals surface area contributed by atoms with Crippen LogP contribution in [0.5, 0.6) is 0 Å². The fourth-order valence-electron chi connectivity index (χ4n) is 2.16. The molecule has 2 aromatic rings. The zero-order chi connectivity index (χ0) is 14.5. The summed E-state index contributed by atoms with van der Waals surface area (Å²) < 4.78 is 0. The molecule has 1 unspecified atom stereocenters. The van der Waals surface area contributed by atoms with Crippen LogP contribution in [0.4, 0.5) is 11.5 Å². The minimum absolute atomic E-state index is 0.319. The average molecular weight is 290 g/mol. The summed E-state index contributed by atoms with van der Waals surface area (Å²) in [6.45, 7) is 2.17. The lowest BCUT2D eigenvalue weighted by Gasteiger charge is -2.20. The van der Waals surface area contributed by atoms with Crippen LogP contribution in [0.25, 0.3) is 0 Å². The highest BCUT2D eigenvalue weighted by molar-refractivity contribution is 6.30. The van der Waals surface area contributed by atoms with E-state index in [1.807, 2.05) is 43.4 Å². The lowest BCUT2D eigenvalue weighted by atomic mass is 10.1. The maximum Gasteiger partial charge on any atom is 0.151 e. The van der Waals surface area contributed by atoms with E-state index in [1.165, 1.54) is 5.56 Å². The second-order valence-electron chi connectivity index (χ2n) is 5.14. The number of hydrogen-bond acceptors (Lipinski definition) is 3. The molecule has 0 bridgehead atoms. The zero-order valence-corrected chi connectivity index (χ0v) is 12.9. The second kappa shape index (κ2) is 6.62. The number of aromatic nitrogens is 1. The maximum absolute atomic E-state index is 5.90. The number of nitrogens with zero attached hydrogens (tertiary/aromatic N) is 2. The molecule has 2 rings (SSSR count). The molecule has 0 aliphatic rings. The van der Waals surface area contributed by atoms with Gasteiger partial charge in [0.2, 0.25) is 0 Å². The summed E-state index contributed by atoms with van der Waals surface area (Å²) in [4.78, 5) is 6.41. The molecule has 1 heterocycles. The number of rotatable bonds is 5. The molecule has 20 heavy (non-hydrogen) atoms. The van der Waals surface area contributed by atoms with E-state index in [0.29, 0.717) is 6.04 Å². The van der Waals surface area contributed by atoms with Crippen molar-refractivity contribution in [1.29, 1.82) is 0 Å². The number of nitrogens with one attached hydrogen (secondary N) is 1. The first kappa shape index (κ1) is 14.7. The predicted molar refractivity (Wildman–Crippen MR) is 86.8 cm³/mol. The van der Waals surface area contributed by atoms with Gasteiger partial charge in [-0.25, -0.2) is 4.98 Å². The number of pyridine rings is 1. The highest BCUT2D eigenvalue weighted by Gasteiger charge is 2.09. The van der Waals surface area contributed by atoms with E-state index in [9.17, 15) is 0 Å². The van der Waals surface area contributed by atoms with E-state index >= 15 is 0 Å². The zero-order valence-electron chi connectivity index (χ0n) is 12.1. The van der Waals surface area contributed by atoms with Crippen LogP contribution in [0.1, 0.15) is 12.5 Å². The van der Waals surface area contributed by atoms with Gasteiger partial charge in [0.25, 0.3) is 0 Å². The highest BCUT2D eigenvalue weighted by atomic mass is 35.5. The molecular weight excluding hydrogens is 270 g/mol. The minimum atomic E-state index is 0.319. The molecular formula is C16H20ClN3. The molecule has 1 aromatic carbocycles. The van der Waals surface area contributed by atoms with Crippen LogP contribution in [0.3, 0.4) is 0 Å². The van der Waals surface area contributed by atoms with Gasteiger partial charge in [-0.2, -0.15) is 0 Å². The molecule has 0 radical (unpaired) electrons. The van der Waals surface area contributed by atoms with Gasteiger partial charge in [-0.3, -0.25) is 0 Å².